The highest BCUT2D eigenvalue weighted by Crippen LogP contribution is 2.29. The molecule has 0 saturated heterocycles. The maximum atomic E-state index is 5.12. The van der Waals surface area contributed by atoms with Crippen LogP contribution in [0.3, 0.4) is 0 Å². The van der Waals surface area contributed by atoms with Gasteiger partial charge in [0.1, 0.15) is 12.4 Å². The molecule has 2 aliphatic rings. The molecule has 2 heterocycles. The van der Waals surface area contributed by atoms with Crippen molar-refractivity contribution in [3.05, 3.63) is 11.6 Å². The highest BCUT2D eigenvalue weighted by Gasteiger charge is 2.24. The van der Waals surface area contributed by atoms with Crippen LogP contribution in [0.4, 0.5) is 0 Å². The molecule has 3 rings (SSSR count). The molecule has 0 radical (unpaired) electrons. The van der Waals surface area contributed by atoms with E-state index in [2.05, 4.69) is 27.0 Å². The Hall–Kier alpha value is -0.940. The van der Waals surface area contributed by atoms with E-state index in [-0.39, 0.29) is 0 Å². The van der Waals surface area contributed by atoms with Gasteiger partial charge in [0.05, 0.1) is 6.54 Å². The van der Waals surface area contributed by atoms with Crippen LogP contribution in [0, 0.1) is 11.8 Å². The number of hydrogen-bond acceptors (Lipinski definition) is 4. The summed E-state index contributed by atoms with van der Waals surface area (Å²) in [4.78, 5) is 4.54. The summed E-state index contributed by atoms with van der Waals surface area (Å²) < 4.78 is 7.19. The second-order valence-corrected chi connectivity index (χ2v) is 7.08. The lowest BCUT2D eigenvalue weighted by Crippen LogP contribution is -2.41. The van der Waals surface area contributed by atoms with Crippen LogP contribution in [-0.4, -0.2) is 34.5 Å². The Kier molecular flexibility index (Phi) is 5.47. The number of aromatic nitrogens is 3. The number of rotatable bonds is 6. The van der Waals surface area contributed by atoms with E-state index in [9.17, 15) is 0 Å². The van der Waals surface area contributed by atoms with Gasteiger partial charge in [-0.25, -0.2) is 9.67 Å². The zero-order valence-electron chi connectivity index (χ0n) is 14.1. The zero-order valence-corrected chi connectivity index (χ0v) is 14.1. The van der Waals surface area contributed by atoms with E-state index in [0.29, 0.717) is 12.6 Å². The fourth-order valence-electron chi connectivity index (χ4n) is 3.94. The third kappa shape index (κ3) is 3.87. The van der Waals surface area contributed by atoms with Crippen molar-refractivity contribution in [3.63, 3.8) is 0 Å². The molecular weight excluding hydrogens is 276 g/mol. The predicted molar refractivity (Wildman–Crippen MR) is 86.6 cm³/mol. The minimum atomic E-state index is 0.511. The van der Waals surface area contributed by atoms with Gasteiger partial charge in [0, 0.05) is 19.6 Å². The predicted octanol–water partition coefficient (Wildman–Crippen LogP) is 2.55. The van der Waals surface area contributed by atoms with Crippen LogP contribution in [-0.2, 0) is 24.3 Å². The fourth-order valence-corrected chi connectivity index (χ4v) is 3.94. The lowest BCUT2D eigenvalue weighted by Gasteiger charge is -2.30. The van der Waals surface area contributed by atoms with Gasteiger partial charge < -0.3 is 10.1 Å². The maximum absolute atomic E-state index is 5.12. The number of aryl methyl sites for hydroxylation is 1. The summed E-state index contributed by atoms with van der Waals surface area (Å²) in [6.45, 7) is 5.02. The molecule has 0 unspecified atom stereocenters. The summed E-state index contributed by atoms with van der Waals surface area (Å²) >= 11 is 0. The van der Waals surface area contributed by atoms with Gasteiger partial charge in [-0.05, 0) is 24.8 Å². The van der Waals surface area contributed by atoms with E-state index in [4.69, 9.17) is 4.74 Å². The highest BCUT2D eigenvalue weighted by molar-refractivity contribution is 4.97. The van der Waals surface area contributed by atoms with Crippen molar-refractivity contribution in [1.82, 2.24) is 20.1 Å². The number of ether oxygens (including phenoxy) is 1. The normalized spacial score (nSPS) is 24.2. The standard InChI is InChI=1S/C17H30N4O/c1-13(14-6-4-3-5-7-14)10-18-15-8-9-17-19-16(12-22-2)20-21(17)11-15/h13-15,18H,3-12H2,1-2H3/t13-,15+/m0/s1. The Bertz CT molecular complexity index is 467. The number of nitrogens with one attached hydrogen (secondary N) is 1. The Morgan fingerprint density at radius 3 is 2.86 bits per heavy atom. The van der Waals surface area contributed by atoms with Crippen LogP contribution in [0.15, 0.2) is 0 Å². The van der Waals surface area contributed by atoms with E-state index in [1.54, 1.807) is 7.11 Å². The molecule has 1 N–H and O–H groups in total. The molecular formula is C17H30N4O. The van der Waals surface area contributed by atoms with E-state index in [0.717, 1.165) is 43.0 Å². The van der Waals surface area contributed by atoms with E-state index in [1.807, 2.05) is 0 Å². The van der Waals surface area contributed by atoms with Crippen molar-refractivity contribution in [2.75, 3.05) is 13.7 Å². The lowest BCUT2D eigenvalue weighted by atomic mass is 9.81. The van der Waals surface area contributed by atoms with Crippen molar-refractivity contribution >= 4 is 0 Å². The molecule has 2 atom stereocenters. The van der Waals surface area contributed by atoms with Crippen molar-refractivity contribution in [1.29, 1.82) is 0 Å². The molecule has 1 saturated carbocycles. The Morgan fingerprint density at radius 2 is 2.09 bits per heavy atom. The molecule has 5 heteroatoms. The van der Waals surface area contributed by atoms with Gasteiger partial charge in [-0.1, -0.05) is 39.0 Å². The van der Waals surface area contributed by atoms with E-state index >= 15 is 0 Å². The van der Waals surface area contributed by atoms with Gasteiger partial charge in [0.15, 0.2) is 5.82 Å². The monoisotopic (exact) mass is 306 g/mol. The minimum Gasteiger partial charge on any atom is -0.377 e. The van der Waals surface area contributed by atoms with Crippen LogP contribution in [0.1, 0.15) is 57.1 Å². The number of methoxy groups -OCH3 is 1. The molecule has 0 spiro atoms. The van der Waals surface area contributed by atoms with Gasteiger partial charge in [-0.3, -0.25) is 0 Å². The molecule has 1 aliphatic carbocycles. The minimum absolute atomic E-state index is 0.511. The molecule has 0 aromatic carbocycles. The van der Waals surface area contributed by atoms with Crippen LogP contribution in [0.5, 0.6) is 0 Å². The van der Waals surface area contributed by atoms with Crippen LogP contribution in [0.25, 0.3) is 0 Å². The van der Waals surface area contributed by atoms with Gasteiger partial charge >= 0.3 is 0 Å². The summed E-state index contributed by atoms with van der Waals surface area (Å²) in [5.74, 6) is 3.65. The largest absolute Gasteiger partial charge is 0.377 e. The van der Waals surface area contributed by atoms with Crippen molar-refractivity contribution in [2.45, 2.75) is 71.1 Å². The fraction of sp³-hybridized carbons (Fsp3) is 0.882. The van der Waals surface area contributed by atoms with Gasteiger partial charge in [-0.15, -0.1) is 0 Å². The second kappa shape index (κ2) is 7.55. The second-order valence-electron chi connectivity index (χ2n) is 7.08. The first-order chi connectivity index (χ1) is 10.8. The average molecular weight is 306 g/mol. The summed E-state index contributed by atoms with van der Waals surface area (Å²) in [5, 5.41) is 8.33. The SMILES string of the molecule is COCc1nc2n(n1)C[C@H](NC[C@H](C)C1CCCCC1)CC2. The van der Waals surface area contributed by atoms with Crippen molar-refractivity contribution < 1.29 is 4.74 Å². The first-order valence-corrected chi connectivity index (χ1v) is 8.91. The molecule has 124 valence electrons. The van der Waals surface area contributed by atoms with Crippen LogP contribution >= 0.6 is 0 Å². The van der Waals surface area contributed by atoms with E-state index in [1.165, 1.54) is 38.5 Å². The van der Waals surface area contributed by atoms with Crippen LogP contribution in [0.2, 0.25) is 0 Å². The first-order valence-electron chi connectivity index (χ1n) is 8.91. The summed E-state index contributed by atoms with van der Waals surface area (Å²) in [7, 11) is 1.69. The highest BCUT2D eigenvalue weighted by atomic mass is 16.5. The quantitative estimate of drug-likeness (QED) is 0.877. The van der Waals surface area contributed by atoms with E-state index < -0.39 is 0 Å². The number of fused-ring (bicyclic) bond motifs is 1. The Labute approximate surface area is 133 Å². The van der Waals surface area contributed by atoms with Gasteiger partial charge in [0.25, 0.3) is 0 Å². The van der Waals surface area contributed by atoms with Crippen molar-refractivity contribution in [2.24, 2.45) is 11.8 Å². The smallest absolute Gasteiger partial charge is 0.176 e. The maximum Gasteiger partial charge on any atom is 0.176 e. The Balaban J connectivity index is 1.47. The zero-order chi connectivity index (χ0) is 15.4. The molecule has 1 fully saturated rings. The summed E-state index contributed by atoms with van der Waals surface area (Å²) in [6, 6.07) is 0.538. The summed E-state index contributed by atoms with van der Waals surface area (Å²) in [5.41, 5.74) is 0. The summed E-state index contributed by atoms with van der Waals surface area (Å²) in [6.07, 6.45) is 9.36. The Morgan fingerprint density at radius 1 is 1.27 bits per heavy atom. The molecule has 5 nitrogen and oxygen atoms in total. The lowest BCUT2D eigenvalue weighted by molar-refractivity contribution is 0.177. The number of hydrogen-bond donors (Lipinski definition) is 1. The molecule has 1 aromatic rings. The topological polar surface area (TPSA) is 52.0 Å². The average Bonchev–Trinajstić information content (AvgIpc) is 2.95. The van der Waals surface area contributed by atoms with Crippen LogP contribution < -0.4 is 5.32 Å². The van der Waals surface area contributed by atoms with Crippen molar-refractivity contribution in [3.8, 4) is 0 Å². The molecule has 0 amide bonds. The molecule has 1 aliphatic heterocycles. The molecule has 22 heavy (non-hydrogen) atoms. The molecule has 0 bridgehead atoms. The van der Waals surface area contributed by atoms with Gasteiger partial charge in [-0.2, -0.15) is 5.10 Å². The first kappa shape index (κ1) is 15.9. The third-order valence-electron chi connectivity index (χ3n) is 5.36. The number of nitrogens with zero attached hydrogens (tertiary/aromatic N) is 3. The van der Waals surface area contributed by atoms with Gasteiger partial charge in [0.2, 0.25) is 0 Å². The molecule has 1 aromatic heterocycles. The third-order valence-corrected chi connectivity index (χ3v) is 5.36.